The molecular weight excluding hydrogens is 310 g/mol. The molecule has 1 nitrogen and oxygen atoms in total. The van der Waals surface area contributed by atoms with Crippen LogP contribution >= 0.6 is 15.9 Å². The molecule has 2 rings (SSSR count). The van der Waals surface area contributed by atoms with Crippen LogP contribution in [0.3, 0.4) is 0 Å². The van der Waals surface area contributed by atoms with Gasteiger partial charge in [-0.05, 0) is 53.6 Å². The van der Waals surface area contributed by atoms with E-state index in [4.69, 9.17) is 5.73 Å². The van der Waals surface area contributed by atoms with Crippen LogP contribution in [-0.4, -0.2) is 0 Å². The van der Waals surface area contributed by atoms with Crippen molar-refractivity contribution in [2.45, 2.75) is 39.2 Å². The van der Waals surface area contributed by atoms with Gasteiger partial charge in [0.25, 0.3) is 0 Å². The fraction of sp³-hybridized carbons (Fsp3) is 0.333. The monoisotopic (exact) mass is 331 g/mol. The highest BCUT2D eigenvalue weighted by molar-refractivity contribution is 9.10. The largest absolute Gasteiger partial charge is 0.324 e. The molecule has 0 amide bonds. The van der Waals surface area contributed by atoms with Crippen LogP contribution in [0.5, 0.6) is 0 Å². The van der Waals surface area contributed by atoms with E-state index in [0.29, 0.717) is 5.92 Å². The summed E-state index contributed by atoms with van der Waals surface area (Å²) in [5.41, 5.74) is 11.4. The molecule has 2 N–H and O–H groups in total. The van der Waals surface area contributed by atoms with Gasteiger partial charge >= 0.3 is 0 Å². The first kappa shape index (κ1) is 15.3. The molecule has 0 aliphatic heterocycles. The van der Waals surface area contributed by atoms with Crippen LogP contribution in [0.25, 0.3) is 0 Å². The number of halogens is 1. The van der Waals surface area contributed by atoms with Crippen LogP contribution < -0.4 is 5.73 Å². The highest BCUT2D eigenvalue weighted by Gasteiger charge is 2.09. The zero-order chi connectivity index (χ0) is 14.7. The number of rotatable bonds is 4. The first-order valence-corrected chi connectivity index (χ1v) is 7.86. The maximum absolute atomic E-state index is 6.34. The van der Waals surface area contributed by atoms with Gasteiger partial charge in [0.2, 0.25) is 0 Å². The van der Waals surface area contributed by atoms with Crippen LogP contribution in [0, 0.1) is 6.92 Å². The normalized spacial score (nSPS) is 12.7. The van der Waals surface area contributed by atoms with Gasteiger partial charge < -0.3 is 5.73 Å². The Hall–Kier alpha value is -1.12. The third kappa shape index (κ3) is 3.94. The minimum absolute atomic E-state index is 0.0381. The Morgan fingerprint density at radius 2 is 1.65 bits per heavy atom. The molecule has 1 unspecified atom stereocenters. The molecule has 20 heavy (non-hydrogen) atoms. The SMILES string of the molecule is Cc1cc(Br)cc(C(N)Cc2ccc(C(C)C)cc2)c1. The molecule has 0 radical (unpaired) electrons. The van der Waals surface area contributed by atoms with Gasteiger partial charge in [0.1, 0.15) is 0 Å². The zero-order valence-electron chi connectivity index (χ0n) is 12.4. The molecule has 2 aromatic carbocycles. The molecule has 0 saturated heterocycles. The first-order chi connectivity index (χ1) is 9.45. The van der Waals surface area contributed by atoms with Gasteiger partial charge in [-0.3, -0.25) is 0 Å². The predicted molar refractivity (Wildman–Crippen MR) is 90.0 cm³/mol. The van der Waals surface area contributed by atoms with Gasteiger partial charge in [0.05, 0.1) is 0 Å². The van der Waals surface area contributed by atoms with E-state index in [2.05, 4.69) is 79.2 Å². The van der Waals surface area contributed by atoms with E-state index in [1.54, 1.807) is 0 Å². The molecule has 0 heterocycles. The lowest BCUT2D eigenvalue weighted by Crippen LogP contribution is -2.13. The van der Waals surface area contributed by atoms with Gasteiger partial charge in [-0.15, -0.1) is 0 Å². The van der Waals surface area contributed by atoms with E-state index in [1.165, 1.54) is 22.3 Å². The summed E-state index contributed by atoms with van der Waals surface area (Å²) in [7, 11) is 0. The van der Waals surface area contributed by atoms with E-state index >= 15 is 0 Å². The van der Waals surface area contributed by atoms with E-state index in [1.807, 2.05) is 0 Å². The second-order valence-corrected chi connectivity index (χ2v) is 6.68. The third-order valence-corrected chi connectivity index (χ3v) is 4.05. The summed E-state index contributed by atoms with van der Waals surface area (Å²) in [6.45, 7) is 6.52. The van der Waals surface area contributed by atoms with Crippen LogP contribution in [0.1, 0.15) is 48.1 Å². The summed E-state index contributed by atoms with van der Waals surface area (Å²) in [6.07, 6.45) is 0.869. The molecular formula is C18H22BrN. The Labute approximate surface area is 130 Å². The molecule has 0 aromatic heterocycles. The molecule has 2 aromatic rings. The molecule has 106 valence electrons. The summed E-state index contributed by atoms with van der Waals surface area (Å²) in [4.78, 5) is 0. The first-order valence-electron chi connectivity index (χ1n) is 7.07. The standard InChI is InChI=1S/C18H22BrN/c1-12(2)15-6-4-14(5-7-15)10-18(20)16-8-13(3)9-17(19)11-16/h4-9,11-12,18H,10,20H2,1-3H3. The van der Waals surface area contributed by atoms with E-state index in [-0.39, 0.29) is 6.04 Å². The molecule has 0 aliphatic carbocycles. The maximum atomic E-state index is 6.34. The second-order valence-electron chi connectivity index (χ2n) is 5.77. The van der Waals surface area contributed by atoms with Gasteiger partial charge in [0, 0.05) is 10.5 Å². The summed E-state index contributed by atoms with van der Waals surface area (Å²) in [5.74, 6) is 0.574. The number of hydrogen-bond acceptors (Lipinski definition) is 1. The van der Waals surface area contributed by atoms with Crippen LogP contribution in [-0.2, 0) is 6.42 Å². The fourth-order valence-electron chi connectivity index (χ4n) is 2.39. The van der Waals surface area contributed by atoms with E-state index in [9.17, 15) is 0 Å². The Morgan fingerprint density at radius 1 is 1.00 bits per heavy atom. The molecule has 0 fully saturated rings. The van der Waals surface area contributed by atoms with Gasteiger partial charge in [-0.25, -0.2) is 0 Å². The lowest BCUT2D eigenvalue weighted by molar-refractivity contribution is 0.720. The summed E-state index contributed by atoms with van der Waals surface area (Å²) < 4.78 is 1.10. The van der Waals surface area contributed by atoms with Crippen molar-refractivity contribution in [1.82, 2.24) is 0 Å². The van der Waals surface area contributed by atoms with Crippen molar-refractivity contribution in [3.63, 3.8) is 0 Å². The maximum Gasteiger partial charge on any atom is 0.0336 e. The van der Waals surface area contributed by atoms with E-state index < -0.39 is 0 Å². The van der Waals surface area contributed by atoms with Crippen molar-refractivity contribution < 1.29 is 0 Å². The average Bonchev–Trinajstić information content (AvgIpc) is 2.38. The summed E-state index contributed by atoms with van der Waals surface area (Å²) >= 11 is 3.54. The van der Waals surface area contributed by atoms with Crippen molar-refractivity contribution >= 4 is 15.9 Å². The highest BCUT2D eigenvalue weighted by atomic mass is 79.9. The Morgan fingerprint density at radius 3 is 2.20 bits per heavy atom. The lowest BCUT2D eigenvalue weighted by atomic mass is 9.96. The number of nitrogens with two attached hydrogens (primary N) is 1. The topological polar surface area (TPSA) is 26.0 Å². The number of hydrogen-bond donors (Lipinski definition) is 1. The second kappa shape index (κ2) is 6.55. The summed E-state index contributed by atoms with van der Waals surface area (Å²) in [6, 6.07) is 15.2. The van der Waals surface area contributed by atoms with Crippen molar-refractivity contribution in [1.29, 1.82) is 0 Å². The van der Waals surface area contributed by atoms with Gasteiger partial charge in [-0.2, -0.15) is 0 Å². The van der Waals surface area contributed by atoms with Crippen LogP contribution in [0.4, 0.5) is 0 Å². The number of benzene rings is 2. The van der Waals surface area contributed by atoms with Crippen LogP contribution in [0.2, 0.25) is 0 Å². The Kier molecular flexibility index (Phi) is 5.00. The molecule has 0 aliphatic rings. The van der Waals surface area contributed by atoms with Crippen LogP contribution in [0.15, 0.2) is 46.9 Å². The van der Waals surface area contributed by atoms with E-state index in [0.717, 1.165) is 10.9 Å². The van der Waals surface area contributed by atoms with Crippen molar-refractivity contribution in [2.75, 3.05) is 0 Å². The minimum atomic E-state index is 0.0381. The highest BCUT2D eigenvalue weighted by Crippen LogP contribution is 2.23. The molecule has 0 spiro atoms. The molecule has 1 atom stereocenters. The fourth-order valence-corrected chi connectivity index (χ4v) is 3.01. The Bertz CT molecular complexity index is 552. The minimum Gasteiger partial charge on any atom is -0.324 e. The number of aryl methyl sites for hydroxylation is 1. The van der Waals surface area contributed by atoms with Crippen molar-refractivity contribution in [2.24, 2.45) is 5.73 Å². The molecule has 0 saturated carbocycles. The predicted octanol–water partition coefficient (Wildman–Crippen LogP) is 5.12. The molecule has 0 bridgehead atoms. The van der Waals surface area contributed by atoms with Gasteiger partial charge in [-0.1, -0.05) is 60.1 Å². The quantitative estimate of drug-likeness (QED) is 0.826. The van der Waals surface area contributed by atoms with Crippen molar-refractivity contribution in [3.8, 4) is 0 Å². The van der Waals surface area contributed by atoms with Crippen molar-refractivity contribution in [3.05, 3.63) is 69.2 Å². The Balaban J connectivity index is 2.12. The smallest absolute Gasteiger partial charge is 0.0336 e. The molecule has 2 heteroatoms. The lowest BCUT2D eigenvalue weighted by Gasteiger charge is -2.14. The average molecular weight is 332 g/mol. The summed E-state index contributed by atoms with van der Waals surface area (Å²) in [5, 5.41) is 0. The third-order valence-electron chi connectivity index (χ3n) is 3.59. The zero-order valence-corrected chi connectivity index (χ0v) is 13.9. The van der Waals surface area contributed by atoms with Gasteiger partial charge in [0.15, 0.2) is 0 Å².